The van der Waals surface area contributed by atoms with Gasteiger partial charge in [0.05, 0.1) is 19.3 Å². The number of hydrogen-bond acceptors (Lipinski definition) is 3. The van der Waals surface area contributed by atoms with Crippen LogP contribution in [0.2, 0.25) is 0 Å². The molecule has 2 fully saturated rings. The van der Waals surface area contributed by atoms with Crippen LogP contribution < -0.4 is 0 Å². The van der Waals surface area contributed by atoms with Crippen LogP contribution in [0.1, 0.15) is 13.3 Å². The molecule has 1 saturated carbocycles. The summed E-state index contributed by atoms with van der Waals surface area (Å²) in [5, 5.41) is 9.11. The molecule has 0 amide bonds. The third-order valence-corrected chi connectivity index (χ3v) is 4.22. The van der Waals surface area contributed by atoms with Crippen LogP contribution >= 0.6 is 15.9 Å². The van der Waals surface area contributed by atoms with Crippen LogP contribution in [0, 0.1) is 17.2 Å². The quantitative estimate of drug-likeness (QED) is 0.667. The summed E-state index contributed by atoms with van der Waals surface area (Å²) < 4.78 is 5.01. The van der Waals surface area contributed by atoms with Crippen molar-refractivity contribution in [1.82, 2.24) is 4.90 Å². The van der Waals surface area contributed by atoms with Gasteiger partial charge in [-0.15, -0.1) is 0 Å². The van der Waals surface area contributed by atoms with Crippen LogP contribution in [-0.4, -0.2) is 41.6 Å². The van der Waals surface area contributed by atoms with Gasteiger partial charge >= 0.3 is 0 Å². The fourth-order valence-electron chi connectivity index (χ4n) is 2.61. The predicted octanol–water partition coefficient (Wildman–Crippen LogP) is 1.38. The van der Waals surface area contributed by atoms with Gasteiger partial charge in [-0.1, -0.05) is 22.9 Å². The zero-order valence-corrected chi connectivity index (χ0v) is 9.96. The van der Waals surface area contributed by atoms with Gasteiger partial charge in [0.1, 0.15) is 4.32 Å². The topological polar surface area (TPSA) is 36.3 Å². The Morgan fingerprint density at radius 3 is 2.64 bits per heavy atom. The van der Waals surface area contributed by atoms with E-state index in [0.717, 1.165) is 32.7 Å². The lowest BCUT2D eigenvalue weighted by molar-refractivity contribution is -0.0281. The normalized spacial score (nSPS) is 44.1. The highest BCUT2D eigenvalue weighted by molar-refractivity contribution is 9.10. The van der Waals surface area contributed by atoms with Gasteiger partial charge in [0, 0.05) is 19.1 Å². The van der Waals surface area contributed by atoms with Crippen molar-refractivity contribution in [3.8, 4) is 6.07 Å². The summed E-state index contributed by atoms with van der Waals surface area (Å²) in [4.78, 5) is 2.38. The van der Waals surface area contributed by atoms with Gasteiger partial charge < -0.3 is 4.74 Å². The van der Waals surface area contributed by atoms with E-state index in [0.29, 0.717) is 12.0 Å². The lowest BCUT2D eigenvalue weighted by atomic mass is 9.70. The second kappa shape index (κ2) is 3.80. The summed E-state index contributed by atoms with van der Waals surface area (Å²) in [5.41, 5.74) is 0. The number of nitrogens with zero attached hydrogens (tertiary/aromatic N) is 2. The molecular weight excluding hydrogens is 244 g/mol. The molecule has 3 unspecified atom stereocenters. The first kappa shape index (κ1) is 10.4. The first-order valence-electron chi connectivity index (χ1n) is 5.09. The van der Waals surface area contributed by atoms with Crippen molar-refractivity contribution >= 4 is 15.9 Å². The number of ether oxygens (including phenoxy) is 1. The molecule has 1 aliphatic carbocycles. The second-order valence-corrected chi connectivity index (χ2v) is 5.66. The average Bonchev–Trinajstić information content (AvgIpc) is 2.18. The van der Waals surface area contributed by atoms with Gasteiger partial charge in [-0.3, -0.25) is 4.90 Å². The molecule has 2 rings (SSSR count). The van der Waals surface area contributed by atoms with E-state index in [2.05, 4.69) is 33.8 Å². The minimum absolute atomic E-state index is 0.302. The number of hydrogen-bond donors (Lipinski definition) is 0. The Bertz CT molecular complexity index is 259. The molecule has 0 aromatic heterocycles. The maximum Gasteiger partial charge on any atom is 0.128 e. The molecule has 14 heavy (non-hydrogen) atoms. The number of halogens is 1. The zero-order valence-electron chi connectivity index (χ0n) is 8.37. The van der Waals surface area contributed by atoms with Crippen LogP contribution in [0.25, 0.3) is 0 Å². The number of morpholine rings is 1. The van der Waals surface area contributed by atoms with E-state index in [1.807, 2.05) is 0 Å². The highest BCUT2D eigenvalue weighted by Gasteiger charge is 2.53. The SMILES string of the molecule is CC1CC(Br)(C#N)C1N1CCOCC1. The summed E-state index contributed by atoms with van der Waals surface area (Å²) in [7, 11) is 0. The predicted molar refractivity (Wildman–Crippen MR) is 57.2 cm³/mol. The highest BCUT2D eigenvalue weighted by atomic mass is 79.9. The second-order valence-electron chi connectivity index (χ2n) is 4.25. The van der Waals surface area contributed by atoms with Crippen molar-refractivity contribution < 1.29 is 4.74 Å². The third kappa shape index (κ3) is 1.58. The number of alkyl halides is 1. The van der Waals surface area contributed by atoms with E-state index >= 15 is 0 Å². The molecule has 4 heteroatoms. The Hall–Kier alpha value is -0.110. The summed E-state index contributed by atoms with van der Waals surface area (Å²) in [6, 6.07) is 2.76. The van der Waals surface area contributed by atoms with Crippen LogP contribution in [0.5, 0.6) is 0 Å². The monoisotopic (exact) mass is 258 g/mol. The molecule has 0 spiro atoms. The van der Waals surface area contributed by atoms with E-state index in [1.54, 1.807) is 0 Å². The van der Waals surface area contributed by atoms with Crippen molar-refractivity contribution in [2.24, 2.45) is 5.92 Å². The molecule has 78 valence electrons. The molecule has 2 aliphatic rings. The third-order valence-electron chi connectivity index (χ3n) is 3.25. The van der Waals surface area contributed by atoms with Crippen LogP contribution in [0.3, 0.4) is 0 Å². The van der Waals surface area contributed by atoms with Crippen molar-refractivity contribution in [3.05, 3.63) is 0 Å². The van der Waals surface area contributed by atoms with E-state index in [-0.39, 0.29) is 4.32 Å². The van der Waals surface area contributed by atoms with Gasteiger partial charge in [-0.05, 0) is 12.3 Å². The fraction of sp³-hybridized carbons (Fsp3) is 0.900. The van der Waals surface area contributed by atoms with Crippen LogP contribution in [0.4, 0.5) is 0 Å². The Kier molecular flexibility index (Phi) is 2.83. The molecule has 1 aliphatic heterocycles. The van der Waals surface area contributed by atoms with E-state index in [1.165, 1.54) is 0 Å². The molecule has 1 heterocycles. The first-order chi connectivity index (χ1) is 6.67. The van der Waals surface area contributed by atoms with Crippen LogP contribution in [0.15, 0.2) is 0 Å². The summed E-state index contributed by atoms with van der Waals surface area (Å²) in [5.74, 6) is 0.618. The van der Waals surface area contributed by atoms with E-state index < -0.39 is 0 Å². The van der Waals surface area contributed by atoms with E-state index in [9.17, 15) is 0 Å². The Morgan fingerprint density at radius 2 is 2.14 bits per heavy atom. The Labute approximate surface area is 93.1 Å². The minimum Gasteiger partial charge on any atom is -0.379 e. The first-order valence-corrected chi connectivity index (χ1v) is 5.88. The van der Waals surface area contributed by atoms with Crippen molar-refractivity contribution in [1.29, 1.82) is 5.26 Å². The smallest absolute Gasteiger partial charge is 0.128 e. The van der Waals surface area contributed by atoms with Crippen molar-refractivity contribution in [2.75, 3.05) is 26.3 Å². The molecular formula is C10H15BrN2O. The van der Waals surface area contributed by atoms with Crippen molar-refractivity contribution in [3.63, 3.8) is 0 Å². The summed E-state index contributed by atoms with van der Waals surface area (Å²) in [6.45, 7) is 5.75. The molecule has 0 aromatic carbocycles. The molecule has 3 nitrogen and oxygen atoms in total. The molecule has 3 atom stereocenters. The molecule has 1 saturated heterocycles. The maximum atomic E-state index is 9.11. The zero-order chi connectivity index (χ0) is 10.2. The fourth-order valence-corrected chi connectivity index (χ4v) is 3.86. The lowest BCUT2D eigenvalue weighted by Crippen LogP contribution is -2.63. The molecule has 0 aromatic rings. The molecule has 0 bridgehead atoms. The van der Waals surface area contributed by atoms with Gasteiger partial charge in [0.25, 0.3) is 0 Å². The Morgan fingerprint density at radius 1 is 1.50 bits per heavy atom. The van der Waals surface area contributed by atoms with E-state index in [4.69, 9.17) is 10.00 Å². The Balaban J connectivity index is 2.05. The van der Waals surface area contributed by atoms with Gasteiger partial charge in [0.2, 0.25) is 0 Å². The summed E-state index contributed by atoms with van der Waals surface area (Å²) in [6.07, 6.45) is 0.964. The molecule has 0 radical (unpaired) electrons. The standard InChI is InChI=1S/C10H15BrN2O/c1-8-6-10(11,7-12)9(8)13-2-4-14-5-3-13/h8-9H,2-6H2,1H3. The minimum atomic E-state index is -0.302. The highest BCUT2D eigenvalue weighted by Crippen LogP contribution is 2.47. The van der Waals surface area contributed by atoms with Crippen molar-refractivity contribution in [2.45, 2.75) is 23.7 Å². The molecule has 0 N–H and O–H groups in total. The largest absolute Gasteiger partial charge is 0.379 e. The van der Waals surface area contributed by atoms with Gasteiger partial charge in [-0.2, -0.15) is 5.26 Å². The van der Waals surface area contributed by atoms with Gasteiger partial charge in [-0.25, -0.2) is 0 Å². The van der Waals surface area contributed by atoms with Gasteiger partial charge in [0.15, 0.2) is 0 Å². The van der Waals surface area contributed by atoms with Crippen LogP contribution in [-0.2, 0) is 4.74 Å². The number of rotatable bonds is 1. The summed E-state index contributed by atoms with van der Waals surface area (Å²) >= 11 is 3.57. The lowest BCUT2D eigenvalue weighted by Gasteiger charge is -2.52. The number of nitriles is 1. The average molecular weight is 259 g/mol. The maximum absolute atomic E-state index is 9.11.